The molecule has 2 rings (SSSR count). The average molecular weight is 524 g/mol. The Bertz CT molecular complexity index is 1090. The third-order valence-electron chi connectivity index (χ3n) is 5.35. The Morgan fingerprint density at radius 3 is 2.37 bits per heavy atom. The van der Waals surface area contributed by atoms with Crippen molar-refractivity contribution in [3.8, 4) is 5.75 Å². The topological polar surface area (TPSA) is 96.0 Å². The number of benzene rings is 2. The van der Waals surface area contributed by atoms with Crippen molar-refractivity contribution in [2.75, 3.05) is 30.3 Å². The van der Waals surface area contributed by atoms with Gasteiger partial charge in [-0.3, -0.25) is 13.9 Å². The minimum Gasteiger partial charge on any atom is -0.494 e. The fraction of sp³-hybridized carbons (Fsp3) is 0.440. The van der Waals surface area contributed by atoms with Gasteiger partial charge in [-0.1, -0.05) is 23.7 Å². The second-order valence-electron chi connectivity index (χ2n) is 8.09. The van der Waals surface area contributed by atoms with E-state index in [1.165, 1.54) is 9.21 Å². The Labute approximate surface area is 213 Å². The minimum absolute atomic E-state index is 0.0767. The molecule has 0 heterocycles. The van der Waals surface area contributed by atoms with Crippen LogP contribution in [0.15, 0.2) is 48.5 Å². The van der Waals surface area contributed by atoms with E-state index in [2.05, 4.69) is 5.32 Å². The highest BCUT2D eigenvalue weighted by Crippen LogP contribution is 2.23. The zero-order valence-corrected chi connectivity index (χ0v) is 22.2. The van der Waals surface area contributed by atoms with E-state index < -0.39 is 16.1 Å². The molecule has 0 spiro atoms. The molecule has 0 fully saturated rings. The summed E-state index contributed by atoms with van der Waals surface area (Å²) in [6, 6.07) is 13.2. The van der Waals surface area contributed by atoms with Gasteiger partial charge in [0.15, 0.2) is 0 Å². The summed E-state index contributed by atoms with van der Waals surface area (Å²) in [5.41, 5.74) is 1.30. The number of nitrogens with one attached hydrogen (secondary N) is 1. The second-order valence-corrected chi connectivity index (χ2v) is 10.4. The number of nitrogens with zero attached hydrogens (tertiary/aromatic N) is 2. The molecule has 0 aliphatic rings. The van der Waals surface area contributed by atoms with Crippen LogP contribution in [0.25, 0.3) is 0 Å². The molecule has 0 saturated carbocycles. The lowest BCUT2D eigenvalue weighted by Crippen LogP contribution is -2.47. The highest BCUT2D eigenvalue weighted by Gasteiger charge is 2.26. The maximum absolute atomic E-state index is 13.2. The summed E-state index contributed by atoms with van der Waals surface area (Å²) < 4.78 is 31.5. The van der Waals surface area contributed by atoms with Crippen LogP contribution in [0.1, 0.15) is 39.2 Å². The molecule has 2 amide bonds. The maximum Gasteiger partial charge on any atom is 0.242 e. The van der Waals surface area contributed by atoms with Crippen LogP contribution >= 0.6 is 11.6 Å². The van der Waals surface area contributed by atoms with Crippen molar-refractivity contribution in [1.82, 2.24) is 10.2 Å². The molecule has 35 heavy (non-hydrogen) atoms. The number of hydrogen-bond acceptors (Lipinski definition) is 5. The molecule has 1 atom stereocenters. The zero-order chi connectivity index (χ0) is 26.0. The molecule has 0 aliphatic heterocycles. The van der Waals surface area contributed by atoms with E-state index in [4.69, 9.17) is 16.3 Å². The third-order valence-corrected chi connectivity index (χ3v) is 6.78. The van der Waals surface area contributed by atoms with Gasteiger partial charge < -0.3 is 15.0 Å². The van der Waals surface area contributed by atoms with Crippen molar-refractivity contribution in [2.24, 2.45) is 0 Å². The van der Waals surface area contributed by atoms with Crippen molar-refractivity contribution in [3.63, 3.8) is 0 Å². The van der Waals surface area contributed by atoms with Gasteiger partial charge in [0.05, 0.1) is 18.6 Å². The first-order valence-corrected chi connectivity index (χ1v) is 13.8. The molecule has 2 aromatic carbocycles. The first-order valence-electron chi connectivity index (χ1n) is 11.6. The van der Waals surface area contributed by atoms with E-state index in [-0.39, 0.29) is 37.7 Å². The van der Waals surface area contributed by atoms with Gasteiger partial charge in [0, 0.05) is 31.1 Å². The highest BCUT2D eigenvalue weighted by atomic mass is 35.5. The van der Waals surface area contributed by atoms with Gasteiger partial charge in [-0.2, -0.15) is 0 Å². The number of sulfonamides is 1. The van der Waals surface area contributed by atoms with Gasteiger partial charge in [-0.25, -0.2) is 8.42 Å². The first kappa shape index (κ1) is 28.5. The molecule has 0 saturated heterocycles. The first-order chi connectivity index (χ1) is 16.6. The van der Waals surface area contributed by atoms with Crippen molar-refractivity contribution < 1.29 is 22.7 Å². The largest absolute Gasteiger partial charge is 0.494 e. The summed E-state index contributed by atoms with van der Waals surface area (Å²) in [5, 5.41) is 3.29. The molecule has 0 bridgehead atoms. The normalized spacial score (nSPS) is 12.0. The summed E-state index contributed by atoms with van der Waals surface area (Å²) in [6.45, 7) is 6.66. The van der Waals surface area contributed by atoms with Crippen molar-refractivity contribution in [3.05, 3.63) is 59.1 Å². The van der Waals surface area contributed by atoms with E-state index in [0.29, 0.717) is 29.6 Å². The molecular weight excluding hydrogens is 490 g/mol. The van der Waals surface area contributed by atoms with E-state index in [9.17, 15) is 18.0 Å². The number of carbonyl (C=O) groups excluding carboxylic acids is 2. The number of likely N-dealkylation sites (N-methyl/N-ethyl adjacent to an activating group) is 1. The van der Waals surface area contributed by atoms with Crippen LogP contribution in [0.3, 0.4) is 0 Å². The van der Waals surface area contributed by atoms with Gasteiger partial charge >= 0.3 is 0 Å². The maximum atomic E-state index is 13.2. The van der Waals surface area contributed by atoms with Crippen molar-refractivity contribution in [2.45, 2.75) is 46.2 Å². The SMILES string of the molecule is CCNC(=O)[C@@H](C)N(Cc1cccc(Cl)c1)C(=O)CCCN(c1ccc(OCC)cc1)S(C)(=O)=O. The van der Waals surface area contributed by atoms with Gasteiger partial charge in [0.1, 0.15) is 11.8 Å². The molecule has 0 unspecified atom stereocenters. The van der Waals surface area contributed by atoms with Crippen LogP contribution in [0.5, 0.6) is 5.75 Å². The summed E-state index contributed by atoms with van der Waals surface area (Å²) >= 11 is 6.09. The lowest BCUT2D eigenvalue weighted by atomic mass is 10.1. The lowest BCUT2D eigenvalue weighted by Gasteiger charge is -2.29. The monoisotopic (exact) mass is 523 g/mol. The predicted octanol–water partition coefficient (Wildman–Crippen LogP) is 3.84. The van der Waals surface area contributed by atoms with Crippen LogP contribution in [0, 0.1) is 0 Å². The quantitative estimate of drug-likeness (QED) is 0.430. The molecule has 2 aromatic rings. The molecular formula is C25H34ClN3O5S. The van der Waals surface area contributed by atoms with Crippen LogP contribution in [-0.4, -0.2) is 57.1 Å². The zero-order valence-electron chi connectivity index (χ0n) is 20.7. The van der Waals surface area contributed by atoms with Gasteiger partial charge in [-0.15, -0.1) is 0 Å². The van der Waals surface area contributed by atoms with Crippen LogP contribution in [0.2, 0.25) is 5.02 Å². The Balaban J connectivity index is 2.14. The predicted molar refractivity (Wildman–Crippen MR) is 139 cm³/mol. The number of halogens is 1. The standard InChI is InChI=1S/C25H34ClN3O5S/c1-5-27-25(31)19(3)28(18-20-9-7-10-21(26)17-20)24(30)11-8-16-29(35(4,32)33)22-12-14-23(15-13-22)34-6-2/h7,9-10,12-15,17,19H,5-6,8,11,16,18H2,1-4H3,(H,27,31)/t19-/m1/s1. The van der Waals surface area contributed by atoms with Crippen LogP contribution < -0.4 is 14.4 Å². The Kier molecular flexibility index (Phi) is 10.9. The molecule has 0 radical (unpaired) electrons. The average Bonchev–Trinajstić information content (AvgIpc) is 2.80. The van der Waals surface area contributed by atoms with Crippen LogP contribution in [0.4, 0.5) is 5.69 Å². The number of hydrogen-bond donors (Lipinski definition) is 1. The lowest BCUT2D eigenvalue weighted by molar-refractivity contribution is -0.140. The summed E-state index contributed by atoms with van der Waals surface area (Å²) in [6.07, 6.45) is 1.49. The number of rotatable bonds is 13. The number of anilines is 1. The molecule has 1 N–H and O–H groups in total. The van der Waals surface area contributed by atoms with E-state index in [1.54, 1.807) is 49.4 Å². The van der Waals surface area contributed by atoms with Gasteiger partial charge in [0.25, 0.3) is 0 Å². The molecule has 8 nitrogen and oxygen atoms in total. The number of ether oxygens (including phenoxy) is 1. The molecule has 10 heteroatoms. The summed E-state index contributed by atoms with van der Waals surface area (Å²) in [5.74, 6) is 0.148. The van der Waals surface area contributed by atoms with E-state index >= 15 is 0 Å². The Morgan fingerprint density at radius 1 is 1.11 bits per heavy atom. The summed E-state index contributed by atoms with van der Waals surface area (Å²) in [4.78, 5) is 27.2. The number of amides is 2. The molecule has 192 valence electrons. The molecule has 0 aromatic heterocycles. The fourth-order valence-corrected chi connectivity index (χ4v) is 4.79. The van der Waals surface area contributed by atoms with Crippen molar-refractivity contribution >= 4 is 39.1 Å². The Hall–Kier alpha value is -2.78. The van der Waals surface area contributed by atoms with Crippen LogP contribution in [-0.2, 0) is 26.2 Å². The second kappa shape index (κ2) is 13.3. The fourth-order valence-electron chi connectivity index (χ4n) is 3.62. The summed E-state index contributed by atoms with van der Waals surface area (Å²) in [7, 11) is -3.56. The molecule has 0 aliphatic carbocycles. The van der Waals surface area contributed by atoms with E-state index in [1.807, 2.05) is 19.9 Å². The van der Waals surface area contributed by atoms with Crippen molar-refractivity contribution in [1.29, 1.82) is 0 Å². The Morgan fingerprint density at radius 2 is 1.80 bits per heavy atom. The number of carbonyl (C=O) groups is 2. The van der Waals surface area contributed by atoms with Gasteiger partial charge in [0.2, 0.25) is 21.8 Å². The highest BCUT2D eigenvalue weighted by molar-refractivity contribution is 7.92. The minimum atomic E-state index is -3.56. The van der Waals surface area contributed by atoms with Gasteiger partial charge in [-0.05, 0) is 69.2 Å². The smallest absolute Gasteiger partial charge is 0.242 e. The van der Waals surface area contributed by atoms with E-state index in [0.717, 1.165) is 11.8 Å². The third kappa shape index (κ3) is 8.74.